The van der Waals surface area contributed by atoms with Crippen LogP contribution in [0.2, 0.25) is 0 Å². The second-order valence-electron chi connectivity index (χ2n) is 27.2. The number of phosphoric ester groups is 2. The number of aliphatic hydroxyl groups is 2. The molecular weight excluding hydrogens is 1390 g/mol. The normalized spacial score (nSPS) is 14.8. The second kappa shape index (κ2) is 80.4. The number of esters is 3. The van der Waals surface area contributed by atoms with Crippen LogP contribution in [0.15, 0.2) is 170 Å². The molecule has 0 saturated heterocycles. The van der Waals surface area contributed by atoms with Gasteiger partial charge >= 0.3 is 33.6 Å². The van der Waals surface area contributed by atoms with Crippen LogP contribution in [0.4, 0.5) is 0 Å². The van der Waals surface area contributed by atoms with E-state index in [1.54, 1.807) is 0 Å². The molecule has 0 aromatic carbocycles. The summed E-state index contributed by atoms with van der Waals surface area (Å²) in [5.41, 5.74) is 0. The first-order valence-corrected chi connectivity index (χ1v) is 44.4. The summed E-state index contributed by atoms with van der Waals surface area (Å²) < 4.78 is 61.3. The van der Waals surface area contributed by atoms with E-state index in [1.165, 1.54) is 70.6 Å². The Kier molecular flexibility index (Phi) is 76.6. The molecule has 0 aliphatic carbocycles. The van der Waals surface area contributed by atoms with Crippen LogP contribution in [0.5, 0.6) is 0 Å². The smallest absolute Gasteiger partial charge is 0.463 e. The lowest BCUT2D eigenvalue weighted by atomic mass is 10.0. The zero-order valence-electron chi connectivity index (χ0n) is 66.7. The summed E-state index contributed by atoms with van der Waals surface area (Å²) in [4.78, 5) is 58.8. The summed E-state index contributed by atoms with van der Waals surface area (Å²) in [6.45, 7) is 2.39. The Labute approximate surface area is 650 Å². The number of aliphatic hydroxyl groups excluding tert-OH is 2. The Morgan fingerprint density at radius 2 is 0.495 bits per heavy atom. The van der Waals surface area contributed by atoms with Crippen molar-refractivity contribution in [2.75, 3.05) is 39.6 Å². The van der Waals surface area contributed by atoms with Crippen molar-refractivity contribution in [3.05, 3.63) is 170 Å². The fraction of sp³-hybridized carbons (Fsp3) is 0.652. The first-order valence-electron chi connectivity index (χ1n) is 41.4. The fourth-order valence-electron chi connectivity index (χ4n) is 10.7. The van der Waals surface area contributed by atoms with Crippen molar-refractivity contribution in [1.82, 2.24) is 0 Å². The van der Waals surface area contributed by atoms with Crippen LogP contribution < -0.4 is 0 Å². The van der Waals surface area contributed by atoms with Gasteiger partial charge in [0.1, 0.15) is 25.4 Å². The molecule has 610 valence electrons. The van der Waals surface area contributed by atoms with Crippen molar-refractivity contribution < 1.29 is 75.8 Å². The summed E-state index contributed by atoms with van der Waals surface area (Å²) in [7, 11) is -9.82. The lowest BCUT2D eigenvalue weighted by molar-refractivity contribution is -0.161. The lowest BCUT2D eigenvalue weighted by Crippen LogP contribution is -2.30. The molecule has 0 fully saturated rings. The molecule has 0 rings (SSSR count). The van der Waals surface area contributed by atoms with E-state index in [-0.39, 0.29) is 19.3 Å². The predicted molar refractivity (Wildman–Crippen MR) is 445 cm³/mol. The first-order chi connectivity index (χ1) is 52.2. The van der Waals surface area contributed by atoms with Crippen LogP contribution in [0.25, 0.3) is 0 Å². The zero-order valence-corrected chi connectivity index (χ0v) is 68.5. The number of rotatable bonds is 77. The summed E-state index contributed by atoms with van der Waals surface area (Å²) in [6, 6.07) is 0. The molecule has 0 amide bonds. The molecular formula is C89H148O16P2. The van der Waals surface area contributed by atoms with E-state index in [1.807, 2.05) is 0 Å². The number of unbranched alkanes of at least 4 members (excludes halogenated alkanes) is 26. The maximum Gasteiger partial charge on any atom is 0.472 e. The van der Waals surface area contributed by atoms with E-state index in [9.17, 15) is 43.5 Å². The van der Waals surface area contributed by atoms with E-state index in [4.69, 9.17) is 32.3 Å². The third-order valence-electron chi connectivity index (χ3n) is 16.9. The van der Waals surface area contributed by atoms with Gasteiger partial charge in [-0.25, -0.2) is 9.13 Å². The minimum Gasteiger partial charge on any atom is -0.463 e. The average molecular weight is 1540 g/mol. The quantitative estimate of drug-likeness (QED) is 0.0146. The third-order valence-corrected chi connectivity index (χ3v) is 18.8. The third kappa shape index (κ3) is 81.7. The van der Waals surface area contributed by atoms with Crippen molar-refractivity contribution >= 4 is 33.6 Å². The number of ether oxygens (including phenoxy) is 3. The summed E-state index contributed by atoms with van der Waals surface area (Å²) in [6.07, 6.45) is 102. The molecule has 0 aliphatic heterocycles. The van der Waals surface area contributed by atoms with Crippen LogP contribution in [0.3, 0.4) is 0 Å². The largest absolute Gasteiger partial charge is 0.472 e. The highest BCUT2D eigenvalue weighted by molar-refractivity contribution is 7.47. The SMILES string of the molecule is CC/C=C\C/C=C\C/C=C\C/C=C\C/C=C\C/C=C\CCCCCCCCC(=O)OCC(COP(=O)(O)OCC(O)COP(=O)(O)OCC(O)COC(=O)CCCCCCCCCCCCC/C=C\C/C=C\C/C=C\C/C=C\CCCCC)OC(=O)CCCCCCCC/C=C\C/C=C\C/C=C\C/C=C\CC. The van der Waals surface area contributed by atoms with Gasteiger partial charge in [-0.2, -0.15) is 0 Å². The Morgan fingerprint density at radius 1 is 0.271 bits per heavy atom. The molecule has 0 radical (unpaired) electrons. The monoisotopic (exact) mass is 1540 g/mol. The maximum atomic E-state index is 13.0. The van der Waals surface area contributed by atoms with Gasteiger partial charge in [0.2, 0.25) is 0 Å². The Bertz CT molecular complexity index is 2620. The summed E-state index contributed by atoms with van der Waals surface area (Å²) in [5.74, 6) is -1.62. The summed E-state index contributed by atoms with van der Waals surface area (Å²) in [5, 5.41) is 20.7. The van der Waals surface area contributed by atoms with Crippen molar-refractivity contribution in [3.63, 3.8) is 0 Å². The number of carbonyl (C=O) groups excluding carboxylic acids is 3. The number of hydrogen-bond acceptors (Lipinski definition) is 14. The van der Waals surface area contributed by atoms with Gasteiger partial charge in [0.25, 0.3) is 0 Å². The molecule has 16 nitrogen and oxygen atoms in total. The highest BCUT2D eigenvalue weighted by Crippen LogP contribution is 2.45. The Morgan fingerprint density at radius 3 is 0.785 bits per heavy atom. The number of phosphoric acid groups is 2. The van der Waals surface area contributed by atoms with Gasteiger partial charge in [0.15, 0.2) is 6.10 Å². The van der Waals surface area contributed by atoms with Crippen molar-refractivity contribution in [1.29, 1.82) is 0 Å². The minimum atomic E-state index is -4.95. The standard InChI is InChI=1S/C89H148O16P2/c1-4-7-10-13-16-19-22-25-28-31-34-36-38-40-41-43-45-46-49-51-54-57-60-63-66-69-72-75-87(92)99-78-84(90)79-101-106(95,96)102-80-85(91)81-103-107(97,98)104-83-86(105-89(94)77-74-71-68-65-62-59-56-53-48-33-30-27-24-21-18-15-12-9-6-3)82-100-88(93)76-73-70-67-64-61-58-55-52-50-47-44-42-39-37-35-32-29-26-23-20-17-14-11-8-5-2/h8-9,11-12,16-21,25-30,34-37,40-42,44,48,50,52-53,84-86,90-91H,4-7,10,13-15,22-24,31-33,38-39,43,45-47,49,51,54-83H2,1-3H3,(H,95,96)(H,97,98)/b11-8-,12-9-,19-16-,20-17-,21-18-,28-25-,29-26-,30-27-,36-34-,37-35-,41-40-,44-42-,52-50-,53-48-. The van der Waals surface area contributed by atoms with Gasteiger partial charge in [-0.15, -0.1) is 0 Å². The van der Waals surface area contributed by atoms with Crippen LogP contribution in [0.1, 0.15) is 316 Å². The van der Waals surface area contributed by atoms with Crippen LogP contribution >= 0.6 is 15.6 Å². The number of allylic oxidation sites excluding steroid dienone is 28. The topological polar surface area (TPSA) is 231 Å². The summed E-state index contributed by atoms with van der Waals surface area (Å²) >= 11 is 0. The molecule has 0 heterocycles. The molecule has 5 unspecified atom stereocenters. The van der Waals surface area contributed by atoms with Gasteiger partial charge in [-0.3, -0.25) is 32.5 Å². The lowest BCUT2D eigenvalue weighted by Gasteiger charge is -2.21. The number of hydrogen-bond donors (Lipinski definition) is 4. The van der Waals surface area contributed by atoms with Crippen LogP contribution in [-0.2, 0) is 55.8 Å². The van der Waals surface area contributed by atoms with E-state index in [0.717, 1.165) is 186 Å². The van der Waals surface area contributed by atoms with Crippen molar-refractivity contribution in [3.8, 4) is 0 Å². The molecule has 0 aromatic heterocycles. The molecule has 0 aromatic rings. The molecule has 0 spiro atoms. The van der Waals surface area contributed by atoms with Crippen molar-refractivity contribution in [2.45, 2.75) is 334 Å². The van der Waals surface area contributed by atoms with Gasteiger partial charge in [-0.05, 0) is 154 Å². The molecule has 0 bridgehead atoms. The highest BCUT2D eigenvalue weighted by atomic mass is 31.2. The van der Waals surface area contributed by atoms with E-state index < -0.39 is 91.5 Å². The molecule has 107 heavy (non-hydrogen) atoms. The number of carbonyl (C=O) groups is 3. The molecule has 4 N–H and O–H groups in total. The van der Waals surface area contributed by atoms with Gasteiger partial charge in [-0.1, -0.05) is 313 Å². The highest BCUT2D eigenvalue weighted by Gasteiger charge is 2.29. The molecule has 5 atom stereocenters. The van der Waals surface area contributed by atoms with Crippen molar-refractivity contribution in [2.24, 2.45) is 0 Å². The zero-order chi connectivity index (χ0) is 78.0. The van der Waals surface area contributed by atoms with Crippen LogP contribution in [0, 0.1) is 0 Å². The Balaban J connectivity index is 4.67. The molecule has 18 heteroatoms. The average Bonchev–Trinajstić information content (AvgIpc) is 0.909. The van der Waals surface area contributed by atoms with Crippen LogP contribution in [-0.4, -0.2) is 95.9 Å². The van der Waals surface area contributed by atoms with Gasteiger partial charge in [0, 0.05) is 19.3 Å². The minimum absolute atomic E-state index is 0.0784. The van der Waals surface area contributed by atoms with Gasteiger partial charge < -0.3 is 34.2 Å². The van der Waals surface area contributed by atoms with E-state index in [0.29, 0.717) is 19.3 Å². The van der Waals surface area contributed by atoms with Gasteiger partial charge in [0.05, 0.1) is 26.4 Å². The van der Waals surface area contributed by atoms with E-state index >= 15 is 0 Å². The fourth-order valence-corrected chi connectivity index (χ4v) is 12.3. The molecule has 0 aliphatic rings. The first kappa shape index (κ1) is 102. The Hall–Kier alpha value is -5.09. The molecule has 0 saturated carbocycles. The second-order valence-corrected chi connectivity index (χ2v) is 30.1. The maximum absolute atomic E-state index is 13.0. The van der Waals surface area contributed by atoms with E-state index in [2.05, 4.69) is 191 Å². The predicted octanol–water partition coefficient (Wildman–Crippen LogP) is 24.8.